The third-order valence-corrected chi connectivity index (χ3v) is 3.94. The van der Waals surface area contributed by atoms with Gasteiger partial charge in [0, 0.05) is 11.4 Å². The number of rotatable bonds is 6. The maximum atomic E-state index is 12.3. The molecule has 0 radical (unpaired) electrons. The highest BCUT2D eigenvalue weighted by atomic mass is 16.2. The van der Waals surface area contributed by atoms with Crippen molar-refractivity contribution in [1.29, 1.82) is 0 Å². The standard InChI is InChI=1S/C22H20N2O2/c25-21(23-19-11-3-1-4-12-19)15-17-9-7-8-10-18(17)16-22(26)24-20-13-5-2-6-14-20/h1-14H,15-16H2,(H,23,25)(H,24,26). The molecule has 0 unspecified atom stereocenters. The summed E-state index contributed by atoms with van der Waals surface area (Å²) in [5, 5.41) is 5.74. The fourth-order valence-electron chi connectivity index (χ4n) is 2.70. The fraction of sp³-hybridized carbons (Fsp3) is 0.0909. The molecule has 0 atom stereocenters. The van der Waals surface area contributed by atoms with Gasteiger partial charge in [0.2, 0.25) is 11.8 Å². The lowest BCUT2D eigenvalue weighted by molar-refractivity contribution is -0.116. The van der Waals surface area contributed by atoms with Crippen molar-refractivity contribution in [2.75, 3.05) is 10.6 Å². The normalized spacial score (nSPS) is 10.2. The summed E-state index contributed by atoms with van der Waals surface area (Å²) in [5.41, 5.74) is 3.22. The summed E-state index contributed by atoms with van der Waals surface area (Å²) in [5.74, 6) is -0.209. The van der Waals surface area contributed by atoms with Gasteiger partial charge in [-0.25, -0.2) is 0 Å². The molecule has 0 saturated heterocycles. The molecule has 3 rings (SSSR count). The highest BCUT2D eigenvalue weighted by molar-refractivity contribution is 5.94. The van der Waals surface area contributed by atoms with Crippen molar-refractivity contribution < 1.29 is 9.59 Å². The molecule has 0 saturated carbocycles. The van der Waals surface area contributed by atoms with Crippen LogP contribution in [0.3, 0.4) is 0 Å². The van der Waals surface area contributed by atoms with Gasteiger partial charge in [-0.05, 0) is 35.4 Å². The average molecular weight is 344 g/mol. The van der Waals surface area contributed by atoms with Crippen molar-refractivity contribution in [3.05, 3.63) is 96.1 Å². The summed E-state index contributed by atoms with van der Waals surface area (Å²) in [6.07, 6.45) is 0.452. The molecule has 4 nitrogen and oxygen atoms in total. The quantitative estimate of drug-likeness (QED) is 0.709. The van der Waals surface area contributed by atoms with E-state index in [-0.39, 0.29) is 24.7 Å². The van der Waals surface area contributed by atoms with Gasteiger partial charge >= 0.3 is 0 Å². The molecule has 3 aromatic rings. The lowest BCUT2D eigenvalue weighted by Gasteiger charge is -2.11. The smallest absolute Gasteiger partial charge is 0.228 e. The van der Waals surface area contributed by atoms with Crippen LogP contribution in [0.2, 0.25) is 0 Å². The molecule has 0 fully saturated rings. The largest absolute Gasteiger partial charge is 0.326 e. The van der Waals surface area contributed by atoms with E-state index in [9.17, 15) is 9.59 Å². The molecule has 0 bridgehead atoms. The number of amides is 2. The molecule has 2 N–H and O–H groups in total. The van der Waals surface area contributed by atoms with Gasteiger partial charge in [-0.2, -0.15) is 0 Å². The number of nitrogens with one attached hydrogen (secondary N) is 2. The summed E-state index contributed by atoms with van der Waals surface area (Å²) in [6, 6.07) is 26.2. The SMILES string of the molecule is O=C(Cc1ccccc1CC(=O)Nc1ccccc1)Nc1ccccc1. The van der Waals surface area contributed by atoms with Crippen LogP contribution >= 0.6 is 0 Å². The lowest BCUT2D eigenvalue weighted by Crippen LogP contribution is -2.18. The van der Waals surface area contributed by atoms with Crippen LogP contribution in [-0.2, 0) is 22.4 Å². The summed E-state index contributed by atoms with van der Waals surface area (Å²) in [6.45, 7) is 0. The Bertz CT molecular complexity index is 802. The van der Waals surface area contributed by atoms with Gasteiger partial charge < -0.3 is 10.6 Å². The van der Waals surface area contributed by atoms with E-state index in [0.717, 1.165) is 22.5 Å². The zero-order valence-corrected chi connectivity index (χ0v) is 14.3. The van der Waals surface area contributed by atoms with Gasteiger partial charge in [0.15, 0.2) is 0 Å². The van der Waals surface area contributed by atoms with E-state index < -0.39 is 0 Å². The molecule has 2 amide bonds. The van der Waals surface area contributed by atoms with Gasteiger partial charge in [-0.3, -0.25) is 9.59 Å². The predicted molar refractivity (Wildman–Crippen MR) is 104 cm³/mol. The highest BCUT2D eigenvalue weighted by Gasteiger charge is 2.11. The Morgan fingerprint density at radius 2 is 0.885 bits per heavy atom. The summed E-state index contributed by atoms with van der Waals surface area (Å²) in [4.78, 5) is 24.6. The number of anilines is 2. The van der Waals surface area contributed by atoms with E-state index in [2.05, 4.69) is 10.6 Å². The van der Waals surface area contributed by atoms with Gasteiger partial charge in [-0.15, -0.1) is 0 Å². The summed E-state index contributed by atoms with van der Waals surface area (Å²) in [7, 11) is 0. The lowest BCUT2D eigenvalue weighted by atomic mass is 10.0. The van der Waals surface area contributed by atoms with Crippen molar-refractivity contribution in [3.8, 4) is 0 Å². The Morgan fingerprint density at radius 3 is 1.27 bits per heavy atom. The third kappa shape index (κ3) is 5.05. The molecule has 0 spiro atoms. The van der Waals surface area contributed by atoms with Gasteiger partial charge in [0.1, 0.15) is 0 Å². The number of para-hydroxylation sites is 2. The zero-order valence-electron chi connectivity index (χ0n) is 14.3. The van der Waals surface area contributed by atoms with Crippen LogP contribution in [0, 0.1) is 0 Å². The van der Waals surface area contributed by atoms with Crippen molar-refractivity contribution >= 4 is 23.2 Å². The van der Waals surface area contributed by atoms with E-state index >= 15 is 0 Å². The molecule has 130 valence electrons. The third-order valence-electron chi connectivity index (χ3n) is 3.94. The van der Waals surface area contributed by atoms with Crippen molar-refractivity contribution in [3.63, 3.8) is 0 Å². The minimum atomic E-state index is -0.105. The first-order valence-corrected chi connectivity index (χ1v) is 8.47. The topological polar surface area (TPSA) is 58.2 Å². The van der Waals surface area contributed by atoms with Crippen LogP contribution in [0.25, 0.3) is 0 Å². The van der Waals surface area contributed by atoms with E-state index in [4.69, 9.17) is 0 Å². The second kappa shape index (κ2) is 8.62. The van der Waals surface area contributed by atoms with Crippen molar-refractivity contribution in [2.45, 2.75) is 12.8 Å². The second-order valence-corrected chi connectivity index (χ2v) is 5.95. The number of carbonyl (C=O) groups is 2. The summed E-state index contributed by atoms with van der Waals surface area (Å²) >= 11 is 0. The molecular formula is C22H20N2O2. The Kier molecular flexibility index (Phi) is 5.78. The van der Waals surface area contributed by atoms with Gasteiger partial charge in [-0.1, -0.05) is 60.7 Å². The van der Waals surface area contributed by atoms with Crippen LogP contribution in [0.5, 0.6) is 0 Å². The van der Waals surface area contributed by atoms with E-state index in [1.54, 1.807) is 0 Å². The fourth-order valence-corrected chi connectivity index (χ4v) is 2.70. The number of carbonyl (C=O) groups excluding carboxylic acids is 2. The molecule has 0 aliphatic carbocycles. The van der Waals surface area contributed by atoms with Crippen LogP contribution in [0.15, 0.2) is 84.9 Å². The average Bonchev–Trinajstić information content (AvgIpc) is 2.65. The van der Waals surface area contributed by atoms with E-state index in [1.165, 1.54) is 0 Å². The molecular weight excluding hydrogens is 324 g/mol. The molecule has 26 heavy (non-hydrogen) atoms. The molecule has 0 aliphatic heterocycles. The highest BCUT2D eigenvalue weighted by Crippen LogP contribution is 2.14. The monoisotopic (exact) mass is 344 g/mol. The van der Waals surface area contributed by atoms with Crippen molar-refractivity contribution in [2.24, 2.45) is 0 Å². The number of hydrogen-bond acceptors (Lipinski definition) is 2. The number of hydrogen-bond donors (Lipinski definition) is 2. The molecule has 0 aromatic heterocycles. The van der Waals surface area contributed by atoms with Crippen LogP contribution in [0.4, 0.5) is 11.4 Å². The molecule has 0 aliphatic rings. The van der Waals surface area contributed by atoms with Crippen LogP contribution < -0.4 is 10.6 Å². The van der Waals surface area contributed by atoms with Crippen molar-refractivity contribution in [1.82, 2.24) is 0 Å². The Hall–Kier alpha value is -3.40. The summed E-state index contributed by atoms with van der Waals surface area (Å²) < 4.78 is 0. The second-order valence-electron chi connectivity index (χ2n) is 5.95. The number of benzene rings is 3. The predicted octanol–water partition coefficient (Wildman–Crippen LogP) is 4.05. The maximum absolute atomic E-state index is 12.3. The Morgan fingerprint density at radius 1 is 0.538 bits per heavy atom. The van der Waals surface area contributed by atoms with E-state index in [0.29, 0.717) is 0 Å². The van der Waals surface area contributed by atoms with E-state index in [1.807, 2.05) is 84.9 Å². The van der Waals surface area contributed by atoms with Crippen LogP contribution in [-0.4, -0.2) is 11.8 Å². The first-order valence-electron chi connectivity index (χ1n) is 8.47. The molecule has 0 heterocycles. The van der Waals surface area contributed by atoms with Gasteiger partial charge in [0.25, 0.3) is 0 Å². The molecule has 4 heteroatoms. The van der Waals surface area contributed by atoms with Gasteiger partial charge in [0.05, 0.1) is 12.8 Å². The zero-order chi connectivity index (χ0) is 18.2. The van der Waals surface area contributed by atoms with Crippen LogP contribution in [0.1, 0.15) is 11.1 Å². The minimum Gasteiger partial charge on any atom is -0.326 e. The molecule has 3 aromatic carbocycles. The first-order chi connectivity index (χ1) is 12.7. The Balaban J connectivity index is 1.64. The first kappa shape index (κ1) is 17.4. The minimum absolute atomic E-state index is 0.105. The maximum Gasteiger partial charge on any atom is 0.228 e. The Labute approximate surface area is 152 Å².